The Bertz CT molecular complexity index is 681. The van der Waals surface area contributed by atoms with Crippen molar-refractivity contribution in [3.8, 4) is 0 Å². The van der Waals surface area contributed by atoms with Gasteiger partial charge in [-0.05, 0) is 30.5 Å². The summed E-state index contributed by atoms with van der Waals surface area (Å²) in [6, 6.07) is 5.14. The Morgan fingerprint density at radius 1 is 1.39 bits per heavy atom. The first-order chi connectivity index (χ1) is 10.8. The van der Waals surface area contributed by atoms with Gasteiger partial charge in [0.25, 0.3) is 0 Å². The standard InChI is InChI=1S/C16H21NO5S/c1-3-5-9-14(16(19)20)17-15(18)11-12-7-6-8-13(10-12)23(21,22)4-2/h3,6-8,10,14H,1,4-5,9,11H2,2H3,(H,17,18)(H,19,20). The van der Waals surface area contributed by atoms with E-state index in [2.05, 4.69) is 11.9 Å². The normalized spacial score (nSPS) is 12.4. The molecule has 0 fully saturated rings. The van der Waals surface area contributed by atoms with Crippen molar-refractivity contribution in [2.45, 2.75) is 37.1 Å². The number of carbonyl (C=O) groups is 2. The molecule has 1 aromatic rings. The zero-order valence-electron chi connectivity index (χ0n) is 13.0. The molecule has 0 saturated carbocycles. The second-order valence-electron chi connectivity index (χ2n) is 5.05. The number of benzene rings is 1. The van der Waals surface area contributed by atoms with Crippen LogP contribution < -0.4 is 5.32 Å². The van der Waals surface area contributed by atoms with E-state index in [0.29, 0.717) is 12.0 Å². The van der Waals surface area contributed by atoms with Crippen molar-refractivity contribution >= 4 is 21.7 Å². The molecule has 0 saturated heterocycles. The average molecular weight is 339 g/mol. The SMILES string of the molecule is C=CCCC(NC(=O)Cc1cccc(S(=O)(=O)CC)c1)C(=O)O. The molecule has 126 valence electrons. The smallest absolute Gasteiger partial charge is 0.326 e. The Labute approximate surface area is 136 Å². The molecular weight excluding hydrogens is 318 g/mol. The molecule has 1 atom stereocenters. The second kappa shape index (κ2) is 8.47. The van der Waals surface area contributed by atoms with E-state index in [1.807, 2.05) is 0 Å². The third-order valence-corrected chi connectivity index (χ3v) is 5.03. The van der Waals surface area contributed by atoms with E-state index in [1.54, 1.807) is 25.1 Å². The number of hydrogen-bond acceptors (Lipinski definition) is 4. The Hall–Kier alpha value is -2.15. The van der Waals surface area contributed by atoms with Crippen LogP contribution in [-0.2, 0) is 25.8 Å². The summed E-state index contributed by atoms with van der Waals surface area (Å²) in [6.45, 7) is 5.06. The Balaban J connectivity index is 2.79. The number of nitrogens with one attached hydrogen (secondary N) is 1. The molecule has 1 aromatic carbocycles. The molecule has 2 N–H and O–H groups in total. The maximum absolute atomic E-state index is 12.0. The molecule has 0 heterocycles. The Kier molecular flexibility index (Phi) is 6.96. The van der Waals surface area contributed by atoms with Gasteiger partial charge in [-0.2, -0.15) is 0 Å². The van der Waals surface area contributed by atoms with Gasteiger partial charge in [0.2, 0.25) is 5.91 Å². The molecule has 0 aromatic heterocycles. The summed E-state index contributed by atoms with van der Waals surface area (Å²) in [7, 11) is -3.34. The minimum Gasteiger partial charge on any atom is -0.480 e. The van der Waals surface area contributed by atoms with E-state index in [9.17, 15) is 18.0 Å². The van der Waals surface area contributed by atoms with Gasteiger partial charge in [-0.3, -0.25) is 4.79 Å². The molecule has 1 rings (SSSR count). The minimum atomic E-state index is -3.34. The van der Waals surface area contributed by atoms with Crippen LogP contribution in [0.4, 0.5) is 0 Å². The number of allylic oxidation sites excluding steroid dienone is 1. The molecule has 1 unspecified atom stereocenters. The summed E-state index contributed by atoms with van der Waals surface area (Å²) < 4.78 is 23.7. The van der Waals surface area contributed by atoms with Crippen LogP contribution in [-0.4, -0.2) is 37.2 Å². The lowest BCUT2D eigenvalue weighted by molar-refractivity contribution is -0.141. The number of carbonyl (C=O) groups excluding carboxylic acids is 1. The van der Waals surface area contributed by atoms with Crippen LogP contribution in [0.2, 0.25) is 0 Å². The van der Waals surface area contributed by atoms with E-state index >= 15 is 0 Å². The van der Waals surface area contributed by atoms with Gasteiger partial charge in [-0.15, -0.1) is 6.58 Å². The molecule has 0 aliphatic heterocycles. The molecule has 0 aliphatic carbocycles. The number of carboxylic acids is 1. The summed E-state index contributed by atoms with van der Waals surface area (Å²) >= 11 is 0. The number of sulfone groups is 1. The second-order valence-corrected chi connectivity index (χ2v) is 7.33. The fraction of sp³-hybridized carbons (Fsp3) is 0.375. The highest BCUT2D eigenvalue weighted by Crippen LogP contribution is 2.14. The lowest BCUT2D eigenvalue weighted by Gasteiger charge is -2.13. The quantitative estimate of drug-likeness (QED) is 0.665. The van der Waals surface area contributed by atoms with Gasteiger partial charge < -0.3 is 10.4 Å². The van der Waals surface area contributed by atoms with Gasteiger partial charge in [-0.25, -0.2) is 13.2 Å². The average Bonchev–Trinajstić information content (AvgIpc) is 2.51. The van der Waals surface area contributed by atoms with E-state index in [4.69, 9.17) is 5.11 Å². The molecule has 0 radical (unpaired) electrons. The van der Waals surface area contributed by atoms with Crippen LogP contribution in [0.1, 0.15) is 25.3 Å². The first-order valence-electron chi connectivity index (χ1n) is 7.25. The first kappa shape index (κ1) is 18.9. The lowest BCUT2D eigenvalue weighted by atomic mass is 10.1. The van der Waals surface area contributed by atoms with Crippen LogP contribution in [0.15, 0.2) is 41.8 Å². The molecule has 0 spiro atoms. The fourth-order valence-electron chi connectivity index (χ4n) is 1.99. The van der Waals surface area contributed by atoms with Gasteiger partial charge in [0.15, 0.2) is 9.84 Å². The van der Waals surface area contributed by atoms with Crippen LogP contribution in [0.5, 0.6) is 0 Å². The maximum Gasteiger partial charge on any atom is 0.326 e. The van der Waals surface area contributed by atoms with Crippen LogP contribution in [0.25, 0.3) is 0 Å². The van der Waals surface area contributed by atoms with Crippen LogP contribution in [0.3, 0.4) is 0 Å². The van der Waals surface area contributed by atoms with E-state index < -0.39 is 27.8 Å². The molecule has 6 nitrogen and oxygen atoms in total. The van der Waals surface area contributed by atoms with Gasteiger partial charge in [0.05, 0.1) is 17.1 Å². The van der Waals surface area contributed by atoms with Gasteiger partial charge in [0, 0.05) is 0 Å². The number of amides is 1. The number of aliphatic carboxylic acids is 1. The van der Waals surface area contributed by atoms with Crippen molar-refractivity contribution in [3.05, 3.63) is 42.5 Å². The van der Waals surface area contributed by atoms with Crippen LogP contribution >= 0.6 is 0 Å². The van der Waals surface area contributed by atoms with Crippen molar-refractivity contribution in [1.82, 2.24) is 5.32 Å². The highest BCUT2D eigenvalue weighted by Gasteiger charge is 2.19. The first-order valence-corrected chi connectivity index (χ1v) is 8.90. The molecule has 1 amide bonds. The lowest BCUT2D eigenvalue weighted by Crippen LogP contribution is -2.41. The molecule has 23 heavy (non-hydrogen) atoms. The number of rotatable bonds is 9. The summed E-state index contributed by atoms with van der Waals surface area (Å²) in [6.07, 6.45) is 2.24. The molecule has 7 heteroatoms. The predicted molar refractivity (Wildman–Crippen MR) is 86.9 cm³/mol. The van der Waals surface area contributed by atoms with Crippen molar-refractivity contribution < 1.29 is 23.1 Å². The highest BCUT2D eigenvalue weighted by atomic mass is 32.2. The summed E-state index contributed by atoms with van der Waals surface area (Å²) in [5, 5.41) is 11.5. The summed E-state index contributed by atoms with van der Waals surface area (Å²) in [5.74, 6) is -1.60. The topological polar surface area (TPSA) is 101 Å². The van der Waals surface area contributed by atoms with Gasteiger partial charge >= 0.3 is 5.97 Å². The minimum absolute atomic E-state index is 0.0225. The number of hydrogen-bond donors (Lipinski definition) is 2. The number of carboxylic acid groups (broad SMARTS) is 1. The molecular formula is C16H21NO5S. The summed E-state index contributed by atoms with van der Waals surface area (Å²) in [4.78, 5) is 23.2. The Morgan fingerprint density at radius 3 is 2.65 bits per heavy atom. The van der Waals surface area contributed by atoms with Crippen molar-refractivity contribution in [1.29, 1.82) is 0 Å². The van der Waals surface area contributed by atoms with Crippen molar-refractivity contribution in [2.75, 3.05) is 5.75 Å². The third-order valence-electron chi connectivity index (χ3n) is 3.30. The van der Waals surface area contributed by atoms with Crippen molar-refractivity contribution in [3.63, 3.8) is 0 Å². The monoisotopic (exact) mass is 339 g/mol. The van der Waals surface area contributed by atoms with Crippen LogP contribution in [0, 0.1) is 0 Å². The molecule has 0 aliphatic rings. The largest absolute Gasteiger partial charge is 0.480 e. The Morgan fingerprint density at radius 2 is 2.09 bits per heavy atom. The van der Waals surface area contributed by atoms with E-state index in [1.165, 1.54) is 12.1 Å². The van der Waals surface area contributed by atoms with E-state index in [-0.39, 0.29) is 23.5 Å². The van der Waals surface area contributed by atoms with Crippen molar-refractivity contribution in [2.24, 2.45) is 0 Å². The predicted octanol–water partition coefficient (Wildman–Crippen LogP) is 1.56. The van der Waals surface area contributed by atoms with Gasteiger partial charge in [0.1, 0.15) is 6.04 Å². The van der Waals surface area contributed by atoms with Gasteiger partial charge in [-0.1, -0.05) is 25.1 Å². The zero-order chi connectivity index (χ0) is 17.5. The maximum atomic E-state index is 12.0. The zero-order valence-corrected chi connectivity index (χ0v) is 13.8. The summed E-state index contributed by atoms with van der Waals surface area (Å²) in [5.41, 5.74) is 0.518. The third kappa shape index (κ3) is 5.86. The highest BCUT2D eigenvalue weighted by molar-refractivity contribution is 7.91. The fourth-order valence-corrected chi connectivity index (χ4v) is 2.94. The van der Waals surface area contributed by atoms with E-state index in [0.717, 1.165) is 0 Å². The molecule has 0 bridgehead atoms.